The van der Waals surface area contributed by atoms with E-state index in [9.17, 15) is 62.3 Å². The molecule has 0 aliphatic carbocycles. The van der Waals surface area contributed by atoms with Crippen LogP contribution in [-0.4, -0.2) is 60.2 Å². The summed E-state index contributed by atoms with van der Waals surface area (Å²) in [6.45, 7) is 2.01. The number of carbonyl (C=O) groups excluding carboxylic acids is 2. The standard InChI is InChI=1S/C16H18F12O6/c1-5(32-7(3)29)4-8(11(30)33-12(15(23,24)25)16(26,27)28)6(2)9(34-31)10(13(17,18)19)14(20,21)22/h5-6,8-10,12,31H,4H2,1-3H3. The van der Waals surface area contributed by atoms with Gasteiger partial charge in [0.25, 0.3) is 6.10 Å². The van der Waals surface area contributed by atoms with Gasteiger partial charge < -0.3 is 9.47 Å². The molecule has 0 fully saturated rings. The molecule has 0 rings (SSSR count). The second kappa shape index (κ2) is 11.2. The summed E-state index contributed by atoms with van der Waals surface area (Å²) in [6, 6.07) is 0. The first-order chi connectivity index (χ1) is 14.9. The zero-order valence-electron chi connectivity index (χ0n) is 17.2. The van der Waals surface area contributed by atoms with E-state index in [1.807, 2.05) is 0 Å². The molecule has 0 aromatic carbocycles. The van der Waals surface area contributed by atoms with E-state index in [-0.39, 0.29) is 0 Å². The van der Waals surface area contributed by atoms with Gasteiger partial charge in [-0.05, 0) is 19.3 Å². The number of halogens is 12. The van der Waals surface area contributed by atoms with Crippen LogP contribution in [0.25, 0.3) is 0 Å². The van der Waals surface area contributed by atoms with Gasteiger partial charge in [0.1, 0.15) is 6.10 Å². The van der Waals surface area contributed by atoms with Crippen molar-refractivity contribution in [3.63, 3.8) is 0 Å². The second-order valence-corrected chi connectivity index (χ2v) is 7.15. The van der Waals surface area contributed by atoms with Gasteiger partial charge in [0, 0.05) is 6.92 Å². The van der Waals surface area contributed by atoms with E-state index >= 15 is 0 Å². The van der Waals surface area contributed by atoms with Gasteiger partial charge in [0.2, 0.25) is 0 Å². The maximum Gasteiger partial charge on any atom is 0.434 e. The largest absolute Gasteiger partial charge is 0.463 e. The molecule has 0 aliphatic heterocycles. The van der Waals surface area contributed by atoms with Crippen molar-refractivity contribution in [1.82, 2.24) is 0 Å². The van der Waals surface area contributed by atoms with Crippen molar-refractivity contribution in [3.8, 4) is 0 Å². The maximum atomic E-state index is 13.0. The Balaban J connectivity index is 6.40. The maximum absolute atomic E-state index is 13.0. The average molecular weight is 534 g/mol. The third-order valence-electron chi connectivity index (χ3n) is 4.39. The van der Waals surface area contributed by atoms with Gasteiger partial charge in [-0.25, -0.2) is 4.89 Å². The summed E-state index contributed by atoms with van der Waals surface area (Å²) >= 11 is 0. The Bertz CT molecular complexity index is 656. The molecule has 1 N–H and O–H groups in total. The highest BCUT2D eigenvalue weighted by molar-refractivity contribution is 5.73. The van der Waals surface area contributed by atoms with E-state index in [2.05, 4.69) is 14.4 Å². The summed E-state index contributed by atoms with van der Waals surface area (Å²) in [4.78, 5) is 26.4. The number of alkyl halides is 12. The van der Waals surface area contributed by atoms with Crippen molar-refractivity contribution in [2.45, 2.75) is 70.2 Å². The van der Waals surface area contributed by atoms with E-state index in [0.717, 1.165) is 13.8 Å². The van der Waals surface area contributed by atoms with Crippen molar-refractivity contribution in [3.05, 3.63) is 0 Å². The molecule has 6 nitrogen and oxygen atoms in total. The van der Waals surface area contributed by atoms with Crippen LogP contribution in [0.2, 0.25) is 0 Å². The summed E-state index contributed by atoms with van der Waals surface area (Å²) < 4.78 is 162. The predicted octanol–water partition coefficient (Wildman–Crippen LogP) is 5.22. The summed E-state index contributed by atoms with van der Waals surface area (Å²) in [7, 11) is 0. The first-order valence-electron chi connectivity index (χ1n) is 8.89. The Labute approximate surface area is 183 Å². The van der Waals surface area contributed by atoms with E-state index in [1.165, 1.54) is 0 Å². The highest BCUT2D eigenvalue weighted by atomic mass is 19.4. The summed E-state index contributed by atoms with van der Waals surface area (Å²) in [6.07, 6.45) is -35.9. The van der Waals surface area contributed by atoms with Gasteiger partial charge >= 0.3 is 36.6 Å². The van der Waals surface area contributed by atoms with Crippen molar-refractivity contribution in [2.75, 3.05) is 0 Å². The monoisotopic (exact) mass is 534 g/mol. The fourth-order valence-corrected chi connectivity index (χ4v) is 2.98. The number of hydrogen-bond donors (Lipinski definition) is 1. The Morgan fingerprint density at radius 3 is 1.47 bits per heavy atom. The SMILES string of the molecule is CC(=O)OC(C)CC(C(=O)OC(C(F)(F)F)C(F)(F)F)C(C)C(OO)C(C(F)(F)F)C(F)(F)F. The van der Waals surface area contributed by atoms with Gasteiger partial charge in [0.05, 0.1) is 12.0 Å². The molecule has 4 atom stereocenters. The number of rotatable bonds is 9. The smallest absolute Gasteiger partial charge is 0.434 e. The number of ether oxygens (including phenoxy) is 2. The Morgan fingerprint density at radius 1 is 0.765 bits per heavy atom. The minimum absolute atomic E-state index is 0.355. The Hall–Kier alpha value is -1.98. The lowest BCUT2D eigenvalue weighted by Crippen LogP contribution is -2.52. The molecule has 4 unspecified atom stereocenters. The lowest BCUT2D eigenvalue weighted by atomic mass is 9.79. The minimum Gasteiger partial charge on any atom is -0.463 e. The lowest BCUT2D eigenvalue weighted by molar-refractivity contribution is -0.377. The molecule has 0 spiro atoms. The fourth-order valence-electron chi connectivity index (χ4n) is 2.98. The summed E-state index contributed by atoms with van der Waals surface area (Å²) in [5, 5.41) is 8.75. The number of carbonyl (C=O) groups is 2. The number of hydrogen-bond acceptors (Lipinski definition) is 6. The minimum atomic E-state index is -6.25. The zero-order chi connectivity index (χ0) is 27.4. The van der Waals surface area contributed by atoms with Crippen LogP contribution in [0.5, 0.6) is 0 Å². The molecule has 34 heavy (non-hydrogen) atoms. The summed E-state index contributed by atoms with van der Waals surface area (Å²) in [5.74, 6) is -13.4. The molecule has 202 valence electrons. The second-order valence-electron chi connectivity index (χ2n) is 7.15. The van der Waals surface area contributed by atoms with Gasteiger partial charge in [-0.15, -0.1) is 0 Å². The predicted molar refractivity (Wildman–Crippen MR) is 83.6 cm³/mol. The van der Waals surface area contributed by atoms with Crippen molar-refractivity contribution < 1.29 is 81.9 Å². The molecule has 0 heterocycles. The van der Waals surface area contributed by atoms with Gasteiger partial charge in [-0.1, -0.05) is 6.92 Å². The molecule has 0 aromatic heterocycles. The normalized spacial score (nSPS) is 17.4. The Morgan fingerprint density at radius 2 is 1.18 bits per heavy atom. The molecular formula is C16H18F12O6. The van der Waals surface area contributed by atoms with Gasteiger partial charge in [-0.2, -0.15) is 52.7 Å². The molecule has 0 saturated carbocycles. The topological polar surface area (TPSA) is 82.1 Å². The van der Waals surface area contributed by atoms with Crippen LogP contribution in [0.15, 0.2) is 0 Å². The number of esters is 2. The van der Waals surface area contributed by atoms with E-state index in [1.54, 1.807) is 0 Å². The first-order valence-corrected chi connectivity index (χ1v) is 8.89. The first kappa shape index (κ1) is 32.0. The molecule has 0 saturated heterocycles. The summed E-state index contributed by atoms with van der Waals surface area (Å²) in [5.41, 5.74) is 0. The molecule has 0 aromatic rings. The zero-order valence-corrected chi connectivity index (χ0v) is 17.2. The van der Waals surface area contributed by atoms with Gasteiger partial charge in [-0.3, -0.25) is 14.8 Å². The third kappa shape index (κ3) is 9.34. The average Bonchev–Trinajstić information content (AvgIpc) is 2.56. The van der Waals surface area contributed by atoms with Crippen LogP contribution in [0.3, 0.4) is 0 Å². The van der Waals surface area contributed by atoms with Crippen LogP contribution in [0, 0.1) is 17.8 Å². The van der Waals surface area contributed by atoms with E-state index in [0.29, 0.717) is 6.92 Å². The molecule has 0 bridgehead atoms. The fraction of sp³-hybridized carbons (Fsp3) is 0.875. The van der Waals surface area contributed by atoms with Crippen LogP contribution < -0.4 is 0 Å². The van der Waals surface area contributed by atoms with Crippen molar-refractivity contribution in [2.24, 2.45) is 17.8 Å². The van der Waals surface area contributed by atoms with Crippen molar-refractivity contribution in [1.29, 1.82) is 0 Å². The van der Waals surface area contributed by atoms with E-state index in [4.69, 9.17) is 5.26 Å². The third-order valence-corrected chi connectivity index (χ3v) is 4.39. The van der Waals surface area contributed by atoms with Crippen LogP contribution in [-0.2, 0) is 24.0 Å². The molecule has 0 radical (unpaired) electrons. The Kier molecular flexibility index (Phi) is 10.5. The quantitative estimate of drug-likeness (QED) is 0.189. The highest BCUT2D eigenvalue weighted by Gasteiger charge is 2.64. The van der Waals surface area contributed by atoms with Crippen LogP contribution >= 0.6 is 0 Å². The van der Waals surface area contributed by atoms with Crippen LogP contribution in [0.4, 0.5) is 52.7 Å². The highest BCUT2D eigenvalue weighted by Crippen LogP contribution is 2.46. The molecular weight excluding hydrogens is 516 g/mol. The molecule has 0 aliphatic rings. The lowest BCUT2D eigenvalue weighted by Gasteiger charge is -2.36. The van der Waals surface area contributed by atoms with Gasteiger partial charge in [0.15, 0.2) is 5.92 Å². The molecule has 18 heteroatoms. The van der Waals surface area contributed by atoms with Crippen LogP contribution in [0.1, 0.15) is 27.2 Å². The van der Waals surface area contributed by atoms with E-state index < -0.39 is 79.1 Å². The van der Waals surface area contributed by atoms with Crippen molar-refractivity contribution >= 4 is 11.9 Å². The molecule has 0 amide bonds.